The maximum atomic E-state index is 12.5. The summed E-state index contributed by atoms with van der Waals surface area (Å²) in [7, 11) is -3.58. The molecule has 3 rings (SSSR count). The lowest BCUT2D eigenvalue weighted by atomic mass is 10.0. The third-order valence-corrected chi connectivity index (χ3v) is 6.68. The Morgan fingerprint density at radius 1 is 1.04 bits per heavy atom. The maximum absolute atomic E-state index is 12.5. The van der Waals surface area contributed by atoms with Gasteiger partial charge in [-0.05, 0) is 29.7 Å². The summed E-state index contributed by atoms with van der Waals surface area (Å²) in [4.78, 5) is 24.0. The second-order valence-corrected chi connectivity index (χ2v) is 8.81. The van der Waals surface area contributed by atoms with E-state index in [1.54, 1.807) is 24.3 Å². The van der Waals surface area contributed by atoms with Crippen LogP contribution in [0.25, 0.3) is 0 Å². The van der Waals surface area contributed by atoms with Crippen molar-refractivity contribution in [2.75, 3.05) is 12.4 Å². The highest BCUT2D eigenvalue weighted by Crippen LogP contribution is 2.22. The molecule has 0 spiro atoms. The number of hydrogen-bond donors (Lipinski definition) is 0. The van der Waals surface area contributed by atoms with E-state index in [4.69, 9.17) is 16.3 Å². The zero-order valence-corrected chi connectivity index (χ0v) is 16.1. The zero-order valence-electron chi connectivity index (χ0n) is 14.6. The first-order valence-corrected chi connectivity index (χ1v) is 10.7. The van der Waals surface area contributed by atoms with Crippen molar-refractivity contribution in [1.29, 1.82) is 0 Å². The summed E-state index contributed by atoms with van der Waals surface area (Å²) in [5, 5.41) is 0. The number of rotatable bonds is 7. The third kappa shape index (κ3) is 4.76. The van der Waals surface area contributed by atoms with Crippen molar-refractivity contribution < 1.29 is 22.7 Å². The maximum Gasteiger partial charge on any atom is 0.310 e. The van der Waals surface area contributed by atoms with Crippen LogP contribution in [0, 0.1) is 5.92 Å². The van der Waals surface area contributed by atoms with Gasteiger partial charge in [-0.1, -0.05) is 36.4 Å². The van der Waals surface area contributed by atoms with Crippen LogP contribution in [0.5, 0.6) is 0 Å². The van der Waals surface area contributed by atoms with Crippen LogP contribution >= 0.6 is 11.6 Å². The molecule has 0 aliphatic carbocycles. The Bertz CT molecular complexity index is 933. The molecule has 7 heteroatoms. The fourth-order valence-corrected chi connectivity index (χ4v) is 4.69. The highest BCUT2D eigenvalue weighted by atomic mass is 35.5. The van der Waals surface area contributed by atoms with Gasteiger partial charge in [0.25, 0.3) is 0 Å². The monoisotopic (exact) mass is 406 g/mol. The van der Waals surface area contributed by atoms with E-state index >= 15 is 0 Å². The largest absolute Gasteiger partial charge is 0.465 e. The van der Waals surface area contributed by atoms with Crippen molar-refractivity contribution in [3.8, 4) is 0 Å². The number of carbonyl (C=O) groups is 2. The van der Waals surface area contributed by atoms with E-state index in [0.29, 0.717) is 17.9 Å². The third-order valence-electron chi connectivity index (χ3n) is 4.54. The van der Waals surface area contributed by atoms with Crippen LogP contribution < -0.4 is 0 Å². The summed E-state index contributed by atoms with van der Waals surface area (Å²) < 4.78 is 29.7. The molecule has 1 aliphatic rings. The normalized spacial score (nSPS) is 16.9. The molecule has 5 nitrogen and oxygen atoms in total. The summed E-state index contributed by atoms with van der Waals surface area (Å²) in [6, 6.07) is 13.3. The molecule has 0 aromatic heterocycles. The molecule has 0 unspecified atom stereocenters. The van der Waals surface area contributed by atoms with E-state index in [2.05, 4.69) is 0 Å². The van der Waals surface area contributed by atoms with Crippen LogP contribution in [0.4, 0.5) is 0 Å². The quantitative estimate of drug-likeness (QED) is 0.401. The Kier molecular flexibility index (Phi) is 5.97. The number of ether oxygens (including phenoxy) is 1. The number of carbonyl (C=O) groups excluding carboxylic acids is 2. The van der Waals surface area contributed by atoms with Crippen LogP contribution in [0.1, 0.15) is 27.9 Å². The smallest absolute Gasteiger partial charge is 0.310 e. The standard InChI is InChI=1S/C20H19ClO5S/c21-12-15-1-5-16(6-2-15)19(22)11-14-3-7-18(8-4-14)27(24,25)13-17-9-10-26-20(17)23/h1-8,17H,9-13H2/t17-/m1/s1. The van der Waals surface area contributed by atoms with Gasteiger partial charge in [0.1, 0.15) is 0 Å². The molecule has 1 heterocycles. The zero-order chi connectivity index (χ0) is 19.4. The van der Waals surface area contributed by atoms with Crippen molar-refractivity contribution in [3.05, 3.63) is 65.2 Å². The lowest BCUT2D eigenvalue weighted by Gasteiger charge is -2.08. The molecule has 0 N–H and O–H groups in total. The summed E-state index contributed by atoms with van der Waals surface area (Å²) in [5.41, 5.74) is 2.25. The summed E-state index contributed by atoms with van der Waals surface area (Å²) in [6.45, 7) is 0.270. The van der Waals surface area contributed by atoms with Gasteiger partial charge in [-0.25, -0.2) is 8.42 Å². The molecular formula is C20H19ClO5S. The van der Waals surface area contributed by atoms with E-state index in [1.807, 2.05) is 12.1 Å². The Morgan fingerprint density at radius 2 is 1.67 bits per heavy atom. The summed E-state index contributed by atoms with van der Waals surface area (Å²) in [5.74, 6) is -0.978. The number of ketones is 1. The topological polar surface area (TPSA) is 77.5 Å². The predicted octanol–water partition coefficient (Wildman–Crippen LogP) is 3.19. The molecule has 142 valence electrons. The molecule has 0 radical (unpaired) electrons. The molecule has 0 bridgehead atoms. The fraction of sp³-hybridized carbons (Fsp3) is 0.300. The first kappa shape index (κ1) is 19.6. The van der Waals surface area contributed by atoms with E-state index < -0.39 is 21.7 Å². The number of cyclic esters (lactones) is 1. The Hall–Kier alpha value is -2.18. The van der Waals surface area contributed by atoms with Crippen LogP contribution in [-0.4, -0.2) is 32.5 Å². The van der Waals surface area contributed by atoms with Gasteiger partial charge in [0, 0.05) is 17.9 Å². The fourth-order valence-electron chi connectivity index (χ4n) is 2.93. The molecule has 0 saturated carbocycles. The van der Waals surface area contributed by atoms with Crippen LogP contribution in [0.3, 0.4) is 0 Å². The van der Waals surface area contributed by atoms with Crippen molar-refractivity contribution in [2.45, 2.75) is 23.6 Å². The molecule has 27 heavy (non-hydrogen) atoms. The number of sulfone groups is 1. The van der Waals surface area contributed by atoms with Crippen LogP contribution in [-0.2, 0) is 31.7 Å². The van der Waals surface area contributed by atoms with Crippen LogP contribution in [0.2, 0.25) is 0 Å². The predicted molar refractivity (Wildman–Crippen MR) is 102 cm³/mol. The minimum Gasteiger partial charge on any atom is -0.465 e. The lowest BCUT2D eigenvalue weighted by Crippen LogP contribution is -2.20. The highest BCUT2D eigenvalue weighted by molar-refractivity contribution is 7.91. The molecule has 1 saturated heterocycles. The van der Waals surface area contributed by atoms with Gasteiger partial charge in [0.15, 0.2) is 15.6 Å². The number of halogens is 1. The number of esters is 1. The minimum absolute atomic E-state index is 0.0552. The highest BCUT2D eigenvalue weighted by Gasteiger charge is 2.32. The molecule has 1 fully saturated rings. The van der Waals surface area contributed by atoms with Crippen LogP contribution in [0.15, 0.2) is 53.4 Å². The summed E-state index contributed by atoms with van der Waals surface area (Å²) >= 11 is 5.74. The van der Waals surface area contributed by atoms with Gasteiger partial charge in [-0.2, -0.15) is 0 Å². The second kappa shape index (κ2) is 8.23. The number of Topliss-reactive ketones (excluding diaryl/α,β-unsaturated/α-hetero) is 1. The van der Waals surface area contributed by atoms with Crippen molar-refractivity contribution in [3.63, 3.8) is 0 Å². The second-order valence-electron chi connectivity index (χ2n) is 6.51. The Morgan fingerprint density at radius 3 is 2.22 bits per heavy atom. The molecular weight excluding hydrogens is 388 g/mol. The molecule has 1 atom stereocenters. The first-order valence-electron chi connectivity index (χ1n) is 8.55. The van der Waals surface area contributed by atoms with Crippen molar-refractivity contribution >= 4 is 33.2 Å². The van der Waals surface area contributed by atoms with Gasteiger partial charge in [0.2, 0.25) is 0 Å². The van der Waals surface area contributed by atoms with Gasteiger partial charge in [0.05, 0.1) is 23.2 Å². The van der Waals surface area contributed by atoms with E-state index in [-0.39, 0.29) is 29.5 Å². The van der Waals surface area contributed by atoms with Gasteiger partial charge < -0.3 is 4.74 Å². The van der Waals surface area contributed by atoms with Gasteiger partial charge >= 0.3 is 5.97 Å². The Balaban J connectivity index is 1.67. The minimum atomic E-state index is -3.58. The Labute approximate surface area is 163 Å². The van der Waals surface area contributed by atoms with Gasteiger partial charge in [-0.3, -0.25) is 9.59 Å². The molecule has 2 aromatic rings. The summed E-state index contributed by atoms with van der Waals surface area (Å²) in [6.07, 6.45) is 0.600. The van der Waals surface area contributed by atoms with E-state index in [0.717, 1.165) is 11.1 Å². The lowest BCUT2D eigenvalue weighted by molar-refractivity contribution is -0.140. The SMILES string of the molecule is O=C(Cc1ccc(S(=O)(=O)C[C@H]2CCOC2=O)cc1)c1ccc(CCl)cc1. The van der Waals surface area contributed by atoms with Crippen molar-refractivity contribution in [1.82, 2.24) is 0 Å². The number of benzene rings is 2. The molecule has 0 amide bonds. The van der Waals surface area contributed by atoms with E-state index in [9.17, 15) is 18.0 Å². The van der Waals surface area contributed by atoms with Crippen molar-refractivity contribution in [2.24, 2.45) is 5.92 Å². The first-order chi connectivity index (χ1) is 12.9. The average molecular weight is 407 g/mol. The number of hydrogen-bond acceptors (Lipinski definition) is 5. The van der Waals surface area contributed by atoms with E-state index in [1.165, 1.54) is 12.1 Å². The van der Waals surface area contributed by atoms with Gasteiger partial charge in [-0.15, -0.1) is 11.6 Å². The molecule has 1 aliphatic heterocycles. The number of alkyl halides is 1. The molecule has 2 aromatic carbocycles. The average Bonchev–Trinajstić information content (AvgIpc) is 3.06.